The molecule has 0 N–H and O–H groups in total. The Labute approximate surface area is 154 Å². The molecule has 124 valence electrons. The van der Waals surface area contributed by atoms with Crippen molar-refractivity contribution in [2.24, 2.45) is 0 Å². The lowest BCUT2D eigenvalue weighted by Gasteiger charge is -2.24. The maximum atomic E-state index is 6.02. The van der Waals surface area contributed by atoms with E-state index < -0.39 is 0 Å². The molecule has 4 aromatic rings. The van der Waals surface area contributed by atoms with Gasteiger partial charge in [-0.1, -0.05) is 23.5 Å². The highest BCUT2D eigenvalue weighted by Gasteiger charge is 2.27. The Bertz CT molecular complexity index is 1080. The number of nitrogens with zero attached hydrogens (tertiary/aromatic N) is 5. The number of pyridine rings is 1. The van der Waals surface area contributed by atoms with Crippen LogP contribution in [0.4, 0.5) is 0 Å². The Balaban J connectivity index is 1.52. The van der Waals surface area contributed by atoms with E-state index in [4.69, 9.17) is 9.47 Å². The van der Waals surface area contributed by atoms with Crippen molar-refractivity contribution in [1.82, 2.24) is 24.8 Å². The molecule has 25 heavy (non-hydrogen) atoms. The zero-order valence-corrected chi connectivity index (χ0v) is 15.1. The van der Waals surface area contributed by atoms with Gasteiger partial charge in [-0.25, -0.2) is 0 Å². The molecule has 3 aromatic heterocycles. The molecule has 0 fully saturated rings. The molecule has 1 aliphatic heterocycles. The van der Waals surface area contributed by atoms with Crippen LogP contribution in [0.1, 0.15) is 11.1 Å². The summed E-state index contributed by atoms with van der Waals surface area (Å²) in [7, 11) is 0. The summed E-state index contributed by atoms with van der Waals surface area (Å²) >= 11 is 4.86. The molecule has 9 heteroatoms. The smallest absolute Gasteiger partial charge is 0.235 e. The highest BCUT2D eigenvalue weighted by molar-refractivity contribution is 9.10. The third-order valence-corrected chi connectivity index (χ3v) is 5.18. The van der Waals surface area contributed by atoms with Crippen molar-refractivity contribution in [2.45, 2.75) is 6.10 Å². The first-order chi connectivity index (χ1) is 12.3. The van der Waals surface area contributed by atoms with Crippen molar-refractivity contribution in [3.63, 3.8) is 0 Å². The van der Waals surface area contributed by atoms with Crippen molar-refractivity contribution >= 4 is 32.2 Å². The summed E-state index contributed by atoms with van der Waals surface area (Å²) in [6, 6.07) is 9.55. The Morgan fingerprint density at radius 2 is 2.04 bits per heavy atom. The highest BCUT2D eigenvalue weighted by Crippen LogP contribution is 2.37. The quantitative estimate of drug-likeness (QED) is 0.498. The first-order valence-corrected chi connectivity index (χ1v) is 9.10. The zero-order chi connectivity index (χ0) is 16.8. The van der Waals surface area contributed by atoms with Crippen LogP contribution in [0.2, 0.25) is 0 Å². The van der Waals surface area contributed by atoms with Gasteiger partial charge in [-0.15, -0.1) is 10.2 Å². The number of hydrogen-bond donors (Lipinski definition) is 0. The van der Waals surface area contributed by atoms with Gasteiger partial charge in [0.15, 0.2) is 28.4 Å². The molecule has 0 bridgehead atoms. The van der Waals surface area contributed by atoms with Gasteiger partial charge in [0.2, 0.25) is 4.96 Å². The predicted molar refractivity (Wildman–Crippen MR) is 94.9 cm³/mol. The summed E-state index contributed by atoms with van der Waals surface area (Å²) in [6.45, 7) is 0.412. The molecule has 0 amide bonds. The van der Waals surface area contributed by atoms with Gasteiger partial charge in [0.05, 0.1) is 0 Å². The van der Waals surface area contributed by atoms with Crippen LogP contribution < -0.4 is 9.47 Å². The SMILES string of the molecule is Brc1cncc(-c2nnc3sc(C4COc5ccccc5O4)nn23)c1. The number of hydrogen-bond acceptors (Lipinski definition) is 7. The highest BCUT2D eigenvalue weighted by atomic mass is 79.9. The summed E-state index contributed by atoms with van der Waals surface area (Å²) in [5.74, 6) is 2.12. The molecule has 4 heterocycles. The van der Waals surface area contributed by atoms with E-state index in [1.165, 1.54) is 11.3 Å². The van der Waals surface area contributed by atoms with Gasteiger partial charge < -0.3 is 9.47 Å². The fraction of sp³-hybridized carbons (Fsp3) is 0.125. The molecule has 1 aromatic carbocycles. The van der Waals surface area contributed by atoms with Crippen molar-refractivity contribution in [1.29, 1.82) is 0 Å². The number of para-hydroxylation sites is 2. The van der Waals surface area contributed by atoms with Gasteiger partial charge in [0, 0.05) is 22.4 Å². The summed E-state index contributed by atoms with van der Waals surface area (Å²) in [4.78, 5) is 4.87. The molecule has 7 nitrogen and oxygen atoms in total. The van der Waals surface area contributed by atoms with E-state index in [-0.39, 0.29) is 6.10 Å². The minimum Gasteiger partial charge on any atom is -0.485 e. The second kappa shape index (κ2) is 5.78. The maximum absolute atomic E-state index is 6.02. The van der Waals surface area contributed by atoms with Gasteiger partial charge in [-0.2, -0.15) is 9.61 Å². The van der Waals surface area contributed by atoms with E-state index in [0.29, 0.717) is 17.4 Å². The average molecular weight is 416 g/mol. The summed E-state index contributed by atoms with van der Waals surface area (Å²) in [5, 5.41) is 13.9. The van der Waals surface area contributed by atoms with Gasteiger partial charge in [-0.05, 0) is 34.1 Å². The summed E-state index contributed by atoms with van der Waals surface area (Å²) in [6.07, 6.45) is 3.19. The van der Waals surface area contributed by atoms with Crippen LogP contribution in [0.3, 0.4) is 0 Å². The van der Waals surface area contributed by atoms with Crippen molar-refractivity contribution < 1.29 is 9.47 Å². The van der Waals surface area contributed by atoms with Crippen LogP contribution in [0.15, 0.2) is 47.2 Å². The maximum Gasteiger partial charge on any atom is 0.235 e. The van der Waals surface area contributed by atoms with Crippen molar-refractivity contribution in [3.8, 4) is 22.9 Å². The molecular weight excluding hydrogens is 406 g/mol. The first-order valence-electron chi connectivity index (χ1n) is 7.49. The minimum absolute atomic E-state index is 0.268. The van der Waals surface area contributed by atoms with E-state index in [1.807, 2.05) is 30.3 Å². The number of benzene rings is 1. The van der Waals surface area contributed by atoms with Gasteiger partial charge in [0.1, 0.15) is 6.61 Å². The third kappa shape index (κ3) is 2.56. The summed E-state index contributed by atoms with van der Waals surface area (Å²) in [5.41, 5.74) is 0.838. The van der Waals surface area contributed by atoms with Gasteiger partial charge >= 0.3 is 0 Å². The number of aromatic nitrogens is 5. The first kappa shape index (κ1) is 14.8. The van der Waals surface area contributed by atoms with E-state index >= 15 is 0 Å². The van der Waals surface area contributed by atoms with Crippen LogP contribution in [0.5, 0.6) is 11.5 Å². The normalized spacial score (nSPS) is 16.3. The second-order valence-electron chi connectivity index (χ2n) is 5.41. The van der Waals surface area contributed by atoms with Crippen molar-refractivity contribution in [3.05, 3.63) is 52.2 Å². The van der Waals surface area contributed by atoms with Gasteiger partial charge in [0.25, 0.3) is 0 Å². The fourth-order valence-corrected chi connectivity index (χ4v) is 3.83. The molecule has 0 spiro atoms. The molecule has 1 unspecified atom stereocenters. The molecule has 0 radical (unpaired) electrons. The Morgan fingerprint density at radius 1 is 1.16 bits per heavy atom. The number of rotatable bonds is 2. The lowest BCUT2D eigenvalue weighted by molar-refractivity contribution is 0.0904. The Morgan fingerprint density at radius 3 is 2.92 bits per heavy atom. The van der Waals surface area contributed by atoms with E-state index in [1.54, 1.807) is 16.9 Å². The largest absolute Gasteiger partial charge is 0.485 e. The van der Waals surface area contributed by atoms with Crippen LogP contribution in [0.25, 0.3) is 16.3 Å². The van der Waals surface area contributed by atoms with E-state index in [2.05, 4.69) is 36.2 Å². The topological polar surface area (TPSA) is 74.4 Å². The Hall–Kier alpha value is -2.52. The van der Waals surface area contributed by atoms with Crippen LogP contribution in [0, 0.1) is 0 Å². The minimum atomic E-state index is -0.268. The molecular formula is C16H10BrN5O2S. The van der Waals surface area contributed by atoms with Crippen LogP contribution in [-0.4, -0.2) is 31.4 Å². The third-order valence-electron chi connectivity index (χ3n) is 3.75. The second-order valence-corrected chi connectivity index (χ2v) is 7.32. The Kier molecular flexibility index (Phi) is 3.42. The molecule has 1 aliphatic rings. The van der Waals surface area contributed by atoms with E-state index in [9.17, 15) is 0 Å². The van der Waals surface area contributed by atoms with Crippen molar-refractivity contribution in [2.75, 3.05) is 6.61 Å². The summed E-state index contributed by atoms with van der Waals surface area (Å²) < 4.78 is 14.4. The number of halogens is 1. The lowest BCUT2D eigenvalue weighted by Crippen LogP contribution is -2.21. The average Bonchev–Trinajstić information content (AvgIpc) is 3.22. The molecule has 0 aliphatic carbocycles. The standard InChI is InChI=1S/C16H10BrN5O2S/c17-10-5-9(6-18-7-10)14-19-20-16-22(14)21-15(25-16)13-8-23-11-3-1-2-4-12(11)24-13/h1-7,13H,8H2. The lowest BCUT2D eigenvalue weighted by atomic mass is 10.2. The molecule has 0 saturated heterocycles. The monoisotopic (exact) mass is 415 g/mol. The number of ether oxygens (including phenoxy) is 2. The van der Waals surface area contributed by atoms with Crippen LogP contribution in [-0.2, 0) is 0 Å². The number of fused-ring (bicyclic) bond motifs is 2. The van der Waals surface area contributed by atoms with Gasteiger partial charge in [-0.3, -0.25) is 4.98 Å². The molecule has 0 saturated carbocycles. The fourth-order valence-electron chi connectivity index (χ4n) is 2.62. The molecule has 5 rings (SSSR count). The zero-order valence-electron chi connectivity index (χ0n) is 12.7. The molecule has 1 atom stereocenters. The van der Waals surface area contributed by atoms with Crippen LogP contribution >= 0.6 is 27.3 Å². The van der Waals surface area contributed by atoms with E-state index in [0.717, 1.165) is 26.5 Å². The predicted octanol–water partition coefficient (Wildman–Crippen LogP) is 3.52.